The second-order valence-corrected chi connectivity index (χ2v) is 7.97. The zero-order chi connectivity index (χ0) is 23.2. The third-order valence-corrected chi connectivity index (χ3v) is 5.98. The molecule has 4 aromatic rings. The molecule has 163 valence electrons. The standard InChI is InChI=1S/C29H25O3Si/c1-30-25-16-7-4-12-21(25)22-15-10-11-20(29(22)24-14-6-9-18-27(24)32-3)19-28(33)23-13-5-8-17-26(23)31-2/h4-19H,1-3H3. The number of hydrogen-bond acceptors (Lipinski definition) is 3. The third-order valence-electron chi connectivity index (χ3n) is 5.57. The first kappa shape index (κ1) is 22.4. The van der Waals surface area contributed by atoms with Crippen LogP contribution in [0.2, 0.25) is 0 Å². The molecule has 0 heterocycles. The molecular weight excluding hydrogens is 424 g/mol. The van der Waals surface area contributed by atoms with Crippen molar-refractivity contribution < 1.29 is 14.2 Å². The van der Waals surface area contributed by atoms with Crippen molar-refractivity contribution in [3.05, 3.63) is 102 Å². The Morgan fingerprint density at radius 1 is 0.576 bits per heavy atom. The minimum atomic E-state index is 0.804. The topological polar surface area (TPSA) is 27.7 Å². The highest BCUT2D eigenvalue weighted by molar-refractivity contribution is 6.45. The van der Waals surface area contributed by atoms with Crippen LogP contribution in [0.15, 0.2) is 91.0 Å². The summed E-state index contributed by atoms with van der Waals surface area (Å²) in [7, 11) is 8.93. The second-order valence-electron chi connectivity index (χ2n) is 7.43. The van der Waals surface area contributed by atoms with Crippen LogP contribution in [0.4, 0.5) is 0 Å². The molecule has 4 aromatic carbocycles. The summed E-state index contributed by atoms with van der Waals surface area (Å²) in [6.07, 6.45) is 2.12. The van der Waals surface area contributed by atoms with Crippen LogP contribution in [0, 0.1) is 0 Å². The predicted octanol–water partition coefficient (Wildman–Crippen LogP) is 6.71. The van der Waals surface area contributed by atoms with Crippen molar-refractivity contribution in [2.24, 2.45) is 0 Å². The first-order chi connectivity index (χ1) is 16.2. The van der Waals surface area contributed by atoms with E-state index in [2.05, 4.69) is 46.7 Å². The average Bonchev–Trinajstić information content (AvgIpc) is 2.88. The Hall–Kier alpha value is -3.76. The Labute approximate surface area is 198 Å². The SMILES string of the molecule is COc1ccccc1C([Si])=Cc1cccc(-c2ccccc2OC)c1-c1ccccc1OC. The summed E-state index contributed by atoms with van der Waals surface area (Å²) >= 11 is 0. The van der Waals surface area contributed by atoms with Gasteiger partial charge in [0.25, 0.3) is 0 Å². The van der Waals surface area contributed by atoms with E-state index in [0.29, 0.717) is 0 Å². The number of methoxy groups -OCH3 is 3. The first-order valence-electron chi connectivity index (χ1n) is 10.6. The molecule has 0 spiro atoms. The van der Waals surface area contributed by atoms with E-state index >= 15 is 0 Å². The quantitative estimate of drug-likeness (QED) is 0.232. The number of para-hydroxylation sites is 3. The predicted molar refractivity (Wildman–Crippen MR) is 137 cm³/mol. The van der Waals surface area contributed by atoms with Crippen molar-refractivity contribution in [3.63, 3.8) is 0 Å². The average molecular weight is 450 g/mol. The van der Waals surface area contributed by atoms with Crippen molar-refractivity contribution in [2.75, 3.05) is 21.3 Å². The summed E-state index contributed by atoms with van der Waals surface area (Å²) < 4.78 is 17.0. The minimum absolute atomic E-state index is 0.804. The van der Waals surface area contributed by atoms with Crippen molar-refractivity contribution in [2.45, 2.75) is 0 Å². The van der Waals surface area contributed by atoms with Crippen LogP contribution in [0.3, 0.4) is 0 Å². The van der Waals surface area contributed by atoms with Crippen LogP contribution in [0.25, 0.3) is 33.5 Å². The maximum absolute atomic E-state index is 5.74. The normalized spacial score (nSPS) is 11.2. The van der Waals surface area contributed by atoms with Gasteiger partial charge in [-0.15, -0.1) is 0 Å². The Balaban J connectivity index is 2.01. The molecule has 3 nitrogen and oxygen atoms in total. The van der Waals surface area contributed by atoms with Gasteiger partial charge in [-0.05, 0) is 29.3 Å². The lowest BCUT2D eigenvalue weighted by Crippen LogP contribution is -1.96. The van der Waals surface area contributed by atoms with Gasteiger partial charge in [0, 0.05) is 22.3 Å². The van der Waals surface area contributed by atoms with E-state index < -0.39 is 0 Å². The molecule has 0 unspecified atom stereocenters. The van der Waals surface area contributed by atoms with E-state index in [9.17, 15) is 0 Å². The van der Waals surface area contributed by atoms with E-state index in [1.54, 1.807) is 21.3 Å². The van der Waals surface area contributed by atoms with E-state index in [1.807, 2.05) is 60.7 Å². The molecule has 4 rings (SSSR count). The van der Waals surface area contributed by atoms with Crippen LogP contribution in [-0.2, 0) is 0 Å². The van der Waals surface area contributed by atoms with Crippen molar-refractivity contribution >= 4 is 21.5 Å². The fourth-order valence-electron chi connectivity index (χ4n) is 4.03. The van der Waals surface area contributed by atoms with E-state index in [1.165, 1.54) is 0 Å². The Bertz CT molecular complexity index is 1290. The molecule has 4 heteroatoms. The van der Waals surface area contributed by atoms with Crippen LogP contribution >= 0.6 is 0 Å². The van der Waals surface area contributed by atoms with Crippen molar-refractivity contribution in [3.8, 4) is 39.5 Å². The van der Waals surface area contributed by atoms with Crippen molar-refractivity contribution in [1.29, 1.82) is 0 Å². The van der Waals surface area contributed by atoms with Gasteiger partial charge in [-0.2, -0.15) is 0 Å². The van der Waals surface area contributed by atoms with Gasteiger partial charge < -0.3 is 14.2 Å². The van der Waals surface area contributed by atoms with Crippen LogP contribution < -0.4 is 14.2 Å². The van der Waals surface area contributed by atoms with Crippen LogP contribution in [-0.4, -0.2) is 31.6 Å². The van der Waals surface area contributed by atoms with Gasteiger partial charge in [-0.25, -0.2) is 0 Å². The van der Waals surface area contributed by atoms with E-state index in [0.717, 1.165) is 55.8 Å². The zero-order valence-electron chi connectivity index (χ0n) is 19.0. The number of ether oxygens (including phenoxy) is 3. The highest BCUT2D eigenvalue weighted by Crippen LogP contribution is 2.43. The Morgan fingerprint density at radius 2 is 1.09 bits per heavy atom. The fourth-order valence-corrected chi connectivity index (χ4v) is 4.40. The number of benzene rings is 4. The summed E-state index contributed by atoms with van der Waals surface area (Å²) in [6, 6.07) is 30.4. The molecule has 0 bridgehead atoms. The zero-order valence-corrected chi connectivity index (χ0v) is 20.0. The highest BCUT2D eigenvalue weighted by atomic mass is 28.1. The van der Waals surface area contributed by atoms with Crippen LogP contribution in [0.5, 0.6) is 17.2 Å². The van der Waals surface area contributed by atoms with Gasteiger partial charge in [0.1, 0.15) is 17.2 Å². The van der Waals surface area contributed by atoms with E-state index in [-0.39, 0.29) is 0 Å². The van der Waals surface area contributed by atoms with Gasteiger partial charge in [-0.3, -0.25) is 0 Å². The molecule has 0 saturated heterocycles. The monoisotopic (exact) mass is 449 g/mol. The van der Waals surface area contributed by atoms with E-state index in [4.69, 9.17) is 14.2 Å². The molecule has 0 aliphatic carbocycles. The minimum Gasteiger partial charge on any atom is -0.496 e. The summed E-state index contributed by atoms with van der Waals surface area (Å²) in [6.45, 7) is 0. The molecule has 0 amide bonds. The largest absolute Gasteiger partial charge is 0.496 e. The molecule has 33 heavy (non-hydrogen) atoms. The lowest BCUT2D eigenvalue weighted by atomic mass is 9.89. The third kappa shape index (κ3) is 4.57. The lowest BCUT2D eigenvalue weighted by molar-refractivity contribution is 0.414. The smallest absolute Gasteiger partial charge is 0.126 e. The first-order valence-corrected chi connectivity index (χ1v) is 11.1. The van der Waals surface area contributed by atoms with Crippen LogP contribution in [0.1, 0.15) is 11.1 Å². The molecule has 3 radical (unpaired) electrons. The highest BCUT2D eigenvalue weighted by Gasteiger charge is 2.18. The maximum Gasteiger partial charge on any atom is 0.126 e. The molecule has 0 fully saturated rings. The summed E-state index contributed by atoms with van der Waals surface area (Å²) in [4.78, 5) is 0. The molecule has 0 aliphatic rings. The molecule has 0 atom stereocenters. The van der Waals surface area contributed by atoms with Gasteiger partial charge >= 0.3 is 0 Å². The molecule has 0 N–H and O–H groups in total. The summed E-state index contributed by atoms with van der Waals surface area (Å²) in [5.74, 6) is 2.43. The van der Waals surface area contributed by atoms with Gasteiger partial charge in [0.15, 0.2) is 0 Å². The molecule has 0 saturated carbocycles. The lowest BCUT2D eigenvalue weighted by Gasteiger charge is -2.18. The summed E-state index contributed by atoms with van der Waals surface area (Å²) in [5, 5.41) is 0.917. The maximum atomic E-state index is 5.74. The Kier molecular flexibility index (Phi) is 6.96. The van der Waals surface area contributed by atoms with Gasteiger partial charge in [-0.1, -0.05) is 84.1 Å². The van der Waals surface area contributed by atoms with Crippen molar-refractivity contribution in [1.82, 2.24) is 0 Å². The fraction of sp³-hybridized carbons (Fsp3) is 0.103. The van der Waals surface area contributed by atoms with Gasteiger partial charge in [0.05, 0.1) is 31.6 Å². The molecule has 0 aromatic heterocycles. The van der Waals surface area contributed by atoms with Gasteiger partial charge in [0.2, 0.25) is 0 Å². The second kappa shape index (κ2) is 10.2. The molecular formula is C29H25O3Si. The Morgan fingerprint density at radius 3 is 1.76 bits per heavy atom. The number of rotatable bonds is 7. The summed E-state index contributed by atoms with van der Waals surface area (Å²) in [5.41, 5.74) is 6.16. The molecule has 0 aliphatic heterocycles. The number of hydrogen-bond donors (Lipinski definition) is 0.